The molecule has 0 bridgehead atoms. The zero-order valence-electron chi connectivity index (χ0n) is 7.59. The summed E-state index contributed by atoms with van der Waals surface area (Å²) in [6.45, 7) is 0.891. The summed E-state index contributed by atoms with van der Waals surface area (Å²) < 4.78 is 30.9. The van der Waals surface area contributed by atoms with Gasteiger partial charge in [0.25, 0.3) is 0 Å². The van der Waals surface area contributed by atoms with Crippen molar-refractivity contribution in [2.45, 2.75) is 19.1 Å². The number of ether oxygens (including phenoxy) is 1. The van der Waals surface area contributed by atoms with Crippen LogP contribution in [0, 0.1) is 11.6 Å². The van der Waals surface area contributed by atoms with Crippen LogP contribution in [-0.4, -0.2) is 12.8 Å². The van der Waals surface area contributed by atoms with Crippen LogP contribution in [-0.2, 0) is 0 Å². The Hall–Kier alpha value is -1.16. The van der Waals surface area contributed by atoms with Crippen LogP contribution in [0.3, 0.4) is 0 Å². The molecule has 1 atom stereocenters. The summed E-state index contributed by atoms with van der Waals surface area (Å²) in [7, 11) is 0. The average Bonchev–Trinajstić information content (AvgIpc) is 2.54. The fourth-order valence-corrected chi connectivity index (χ4v) is 1.51. The molecule has 1 aliphatic rings. The van der Waals surface area contributed by atoms with E-state index in [0.717, 1.165) is 25.5 Å². The molecule has 0 amide bonds. The van der Waals surface area contributed by atoms with Crippen LogP contribution >= 0.6 is 0 Å². The first-order chi connectivity index (χ1) is 6.74. The number of hydrogen-bond acceptors (Lipinski definition) is 2. The molecule has 1 heterocycles. The number of hydrogen-bond donors (Lipinski definition) is 1. The molecule has 0 spiro atoms. The minimum atomic E-state index is -0.613. The SMILES string of the molecule is Fc1cc(F)cc(O[C@H]2CCCN2)c1. The summed E-state index contributed by atoms with van der Waals surface area (Å²) >= 11 is 0. The van der Waals surface area contributed by atoms with Crippen molar-refractivity contribution in [1.82, 2.24) is 5.32 Å². The van der Waals surface area contributed by atoms with E-state index in [9.17, 15) is 8.78 Å². The van der Waals surface area contributed by atoms with E-state index in [0.29, 0.717) is 0 Å². The molecule has 1 aromatic carbocycles. The lowest BCUT2D eigenvalue weighted by atomic mass is 10.3. The Bertz CT molecular complexity index is 304. The summed E-state index contributed by atoms with van der Waals surface area (Å²) in [5.74, 6) is -0.988. The van der Waals surface area contributed by atoms with Crippen molar-refractivity contribution in [3.8, 4) is 5.75 Å². The van der Waals surface area contributed by atoms with Crippen molar-refractivity contribution in [3.63, 3.8) is 0 Å². The van der Waals surface area contributed by atoms with E-state index in [1.807, 2.05) is 0 Å². The normalized spacial score (nSPS) is 21.1. The number of nitrogens with one attached hydrogen (secondary N) is 1. The van der Waals surface area contributed by atoms with Crippen molar-refractivity contribution in [2.75, 3.05) is 6.54 Å². The molecule has 2 rings (SSSR count). The molecule has 1 saturated heterocycles. The molecular formula is C10H11F2NO. The van der Waals surface area contributed by atoms with E-state index >= 15 is 0 Å². The summed E-state index contributed by atoms with van der Waals surface area (Å²) in [5, 5.41) is 3.08. The van der Waals surface area contributed by atoms with Crippen LogP contribution in [0.4, 0.5) is 8.78 Å². The van der Waals surface area contributed by atoms with Crippen LogP contribution in [0.2, 0.25) is 0 Å². The Morgan fingerprint density at radius 2 is 1.93 bits per heavy atom. The zero-order valence-corrected chi connectivity index (χ0v) is 7.59. The quantitative estimate of drug-likeness (QED) is 0.787. The second-order valence-electron chi connectivity index (χ2n) is 3.31. The van der Waals surface area contributed by atoms with Gasteiger partial charge < -0.3 is 4.74 Å². The van der Waals surface area contributed by atoms with E-state index in [2.05, 4.69) is 5.32 Å². The smallest absolute Gasteiger partial charge is 0.150 e. The largest absolute Gasteiger partial charge is 0.475 e. The summed E-state index contributed by atoms with van der Waals surface area (Å²) in [4.78, 5) is 0. The molecule has 2 nitrogen and oxygen atoms in total. The van der Waals surface area contributed by atoms with Crippen molar-refractivity contribution >= 4 is 0 Å². The first kappa shape index (κ1) is 9.40. The third kappa shape index (κ3) is 2.20. The van der Waals surface area contributed by atoms with Crippen molar-refractivity contribution in [1.29, 1.82) is 0 Å². The van der Waals surface area contributed by atoms with Crippen molar-refractivity contribution < 1.29 is 13.5 Å². The van der Waals surface area contributed by atoms with Gasteiger partial charge in [-0.2, -0.15) is 0 Å². The minimum Gasteiger partial charge on any atom is -0.475 e. The van der Waals surface area contributed by atoms with Crippen LogP contribution in [0.25, 0.3) is 0 Å². The van der Waals surface area contributed by atoms with Gasteiger partial charge in [0.05, 0.1) is 0 Å². The highest BCUT2D eigenvalue weighted by molar-refractivity contribution is 5.24. The highest BCUT2D eigenvalue weighted by Gasteiger charge is 2.15. The highest BCUT2D eigenvalue weighted by atomic mass is 19.1. The molecule has 1 aromatic rings. The van der Waals surface area contributed by atoms with Gasteiger partial charge in [-0.05, 0) is 19.4 Å². The van der Waals surface area contributed by atoms with Gasteiger partial charge in [0.2, 0.25) is 0 Å². The minimum absolute atomic E-state index is 0.115. The van der Waals surface area contributed by atoms with Gasteiger partial charge in [0.15, 0.2) is 0 Å². The molecule has 1 N–H and O–H groups in total. The van der Waals surface area contributed by atoms with Crippen LogP contribution < -0.4 is 10.1 Å². The van der Waals surface area contributed by atoms with E-state index < -0.39 is 11.6 Å². The fraction of sp³-hybridized carbons (Fsp3) is 0.400. The average molecular weight is 199 g/mol. The van der Waals surface area contributed by atoms with Gasteiger partial charge >= 0.3 is 0 Å². The summed E-state index contributed by atoms with van der Waals surface area (Å²) in [5.41, 5.74) is 0. The Labute approximate surface area is 80.9 Å². The topological polar surface area (TPSA) is 21.3 Å². The lowest BCUT2D eigenvalue weighted by Crippen LogP contribution is -2.27. The summed E-state index contributed by atoms with van der Waals surface area (Å²) in [6, 6.07) is 3.20. The Balaban J connectivity index is 2.07. The molecule has 76 valence electrons. The molecule has 14 heavy (non-hydrogen) atoms. The van der Waals surface area contributed by atoms with Crippen molar-refractivity contribution in [3.05, 3.63) is 29.8 Å². The van der Waals surface area contributed by atoms with E-state index in [1.165, 1.54) is 12.1 Å². The van der Waals surface area contributed by atoms with Gasteiger partial charge in [-0.25, -0.2) is 8.78 Å². The number of benzene rings is 1. The monoisotopic (exact) mass is 199 g/mol. The molecule has 1 aliphatic heterocycles. The third-order valence-electron chi connectivity index (χ3n) is 2.13. The zero-order chi connectivity index (χ0) is 9.97. The van der Waals surface area contributed by atoms with Crippen molar-refractivity contribution in [2.24, 2.45) is 0 Å². The predicted molar refractivity (Wildman–Crippen MR) is 48.0 cm³/mol. The first-order valence-electron chi connectivity index (χ1n) is 4.60. The van der Waals surface area contributed by atoms with Gasteiger partial charge in [-0.1, -0.05) is 0 Å². The lowest BCUT2D eigenvalue weighted by molar-refractivity contribution is 0.186. The van der Waals surface area contributed by atoms with Gasteiger partial charge in [0.1, 0.15) is 23.6 Å². The molecule has 0 radical (unpaired) electrons. The molecule has 0 aliphatic carbocycles. The highest BCUT2D eigenvalue weighted by Crippen LogP contribution is 2.18. The van der Waals surface area contributed by atoms with Gasteiger partial charge in [-0.15, -0.1) is 0 Å². The fourth-order valence-electron chi connectivity index (χ4n) is 1.51. The standard InChI is InChI=1S/C10H11F2NO/c11-7-4-8(12)6-9(5-7)14-10-2-1-3-13-10/h4-6,10,13H,1-3H2/t10-/m0/s1. The predicted octanol–water partition coefficient (Wildman–Crippen LogP) is 2.05. The number of halogens is 2. The Morgan fingerprint density at radius 1 is 1.21 bits per heavy atom. The van der Waals surface area contributed by atoms with Gasteiger partial charge in [-0.3, -0.25) is 5.32 Å². The Morgan fingerprint density at radius 3 is 2.50 bits per heavy atom. The molecule has 1 fully saturated rings. The number of rotatable bonds is 2. The second-order valence-corrected chi connectivity index (χ2v) is 3.31. The van der Waals surface area contributed by atoms with E-state index in [4.69, 9.17) is 4.74 Å². The maximum Gasteiger partial charge on any atom is 0.150 e. The third-order valence-corrected chi connectivity index (χ3v) is 2.13. The molecule has 0 aromatic heterocycles. The maximum atomic E-state index is 12.8. The first-order valence-corrected chi connectivity index (χ1v) is 4.60. The van der Waals surface area contributed by atoms with E-state index in [-0.39, 0.29) is 12.0 Å². The maximum absolute atomic E-state index is 12.8. The molecule has 0 saturated carbocycles. The molecular weight excluding hydrogens is 188 g/mol. The summed E-state index contributed by atoms with van der Waals surface area (Å²) in [6.07, 6.45) is 1.79. The van der Waals surface area contributed by atoms with Crippen LogP contribution in [0.15, 0.2) is 18.2 Å². The van der Waals surface area contributed by atoms with Gasteiger partial charge in [0, 0.05) is 18.2 Å². The Kier molecular flexibility index (Phi) is 2.63. The molecule has 4 heteroatoms. The van der Waals surface area contributed by atoms with E-state index in [1.54, 1.807) is 0 Å². The lowest BCUT2D eigenvalue weighted by Gasteiger charge is -2.13. The van der Waals surface area contributed by atoms with Crippen LogP contribution in [0.1, 0.15) is 12.8 Å². The second kappa shape index (κ2) is 3.92. The van der Waals surface area contributed by atoms with Crippen LogP contribution in [0.5, 0.6) is 5.75 Å². The molecule has 0 unspecified atom stereocenters.